The molecule has 2 aromatic carbocycles. The van der Waals surface area contributed by atoms with Crippen LogP contribution in [-0.2, 0) is 22.6 Å². The maximum Gasteiger partial charge on any atom is 0.357 e. The number of benzene rings is 2. The number of aromatic nitrogens is 3. The molecule has 2 aromatic heterocycles. The number of hydrogen-bond acceptors (Lipinski definition) is 7. The van der Waals surface area contributed by atoms with Crippen LogP contribution in [0.15, 0.2) is 71.3 Å². The van der Waals surface area contributed by atoms with E-state index < -0.39 is 5.97 Å². The molecule has 174 valence electrons. The van der Waals surface area contributed by atoms with Crippen LogP contribution in [0.1, 0.15) is 35.6 Å². The van der Waals surface area contributed by atoms with Crippen LogP contribution in [0.4, 0.5) is 10.8 Å². The van der Waals surface area contributed by atoms with E-state index in [4.69, 9.17) is 4.74 Å². The molecule has 34 heavy (non-hydrogen) atoms. The number of nitrogens with zero attached hydrogens (tertiary/aromatic N) is 4. The normalized spacial score (nSPS) is 10.8. The number of imidazole rings is 1. The molecule has 4 aromatic rings. The third-order valence-electron chi connectivity index (χ3n) is 5.15. The van der Waals surface area contributed by atoms with Gasteiger partial charge in [0.05, 0.1) is 17.6 Å². The smallest absolute Gasteiger partial charge is 0.357 e. The fraction of sp³-hybridized carbons (Fsp3) is 0.200. The molecule has 0 spiro atoms. The number of thiazole rings is 1. The lowest BCUT2D eigenvalue weighted by Crippen LogP contribution is -2.23. The summed E-state index contributed by atoms with van der Waals surface area (Å²) >= 11 is 2.79. The van der Waals surface area contributed by atoms with Gasteiger partial charge in [0.15, 0.2) is 16.0 Å². The van der Waals surface area contributed by atoms with E-state index in [2.05, 4.69) is 9.97 Å². The predicted molar refractivity (Wildman–Crippen MR) is 135 cm³/mol. The molecule has 0 atom stereocenters. The van der Waals surface area contributed by atoms with Gasteiger partial charge in [-0.15, -0.1) is 11.3 Å². The fourth-order valence-corrected chi connectivity index (χ4v) is 4.97. The molecule has 0 aliphatic heterocycles. The number of para-hydroxylation sites is 2. The molecule has 0 unspecified atom stereocenters. The van der Waals surface area contributed by atoms with E-state index in [0.29, 0.717) is 21.7 Å². The number of ether oxygens (including phenoxy) is 1. The van der Waals surface area contributed by atoms with Crippen LogP contribution < -0.4 is 4.90 Å². The van der Waals surface area contributed by atoms with Crippen molar-refractivity contribution in [1.82, 2.24) is 14.5 Å². The van der Waals surface area contributed by atoms with Crippen LogP contribution in [0.3, 0.4) is 0 Å². The summed E-state index contributed by atoms with van der Waals surface area (Å²) in [6.45, 7) is 3.55. The molecule has 1 amide bonds. The Morgan fingerprint density at radius 1 is 1.12 bits per heavy atom. The lowest BCUT2D eigenvalue weighted by Gasteiger charge is -2.20. The highest BCUT2D eigenvalue weighted by Gasteiger charge is 2.22. The molecule has 0 N–H and O–H groups in total. The molecule has 0 saturated carbocycles. The van der Waals surface area contributed by atoms with Crippen molar-refractivity contribution < 1.29 is 14.3 Å². The van der Waals surface area contributed by atoms with Crippen LogP contribution in [0.5, 0.6) is 0 Å². The first kappa shape index (κ1) is 23.7. The Morgan fingerprint density at radius 3 is 2.56 bits per heavy atom. The maximum absolute atomic E-state index is 12.9. The second-order valence-electron chi connectivity index (χ2n) is 7.34. The summed E-state index contributed by atoms with van der Waals surface area (Å²) in [7, 11) is 0. The van der Waals surface area contributed by atoms with E-state index in [1.54, 1.807) is 14.8 Å². The van der Waals surface area contributed by atoms with Crippen LogP contribution in [0.2, 0.25) is 0 Å². The molecule has 0 radical (unpaired) electrons. The third kappa shape index (κ3) is 4.90. The van der Waals surface area contributed by atoms with Crippen LogP contribution in [0.25, 0.3) is 5.69 Å². The van der Waals surface area contributed by atoms with Crippen molar-refractivity contribution in [3.05, 3.63) is 83.1 Å². The molecule has 0 aliphatic rings. The number of hydrogen-bond donors (Lipinski definition) is 0. The van der Waals surface area contributed by atoms with Gasteiger partial charge in [0, 0.05) is 18.0 Å². The van der Waals surface area contributed by atoms with Gasteiger partial charge in [0.25, 0.3) is 0 Å². The molecular formula is C25H24N4O3S2. The zero-order valence-corrected chi connectivity index (χ0v) is 20.7. The van der Waals surface area contributed by atoms with Crippen LogP contribution in [-0.4, -0.2) is 32.7 Å². The van der Waals surface area contributed by atoms with E-state index in [0.717, 1.165) is 23.4 Å². The van der Waals surface area contributed by atoms with Gasteiger partial charge in [-0.3, -0.25) is 14.3 Å². The van der Waals surface area contributed by atoms with Crippen molar-refractivity contribution in [1.29, 1.82) is 0 Å². The minimum Gasteiger partial charge on any atom is -0.454 e. The Bertz CT molecular complexity index is 1300. The summed E-state index contributed by atoms with van der Waals surface area (Å²) in [6.07, 6.45) is 4.22. The SMILES string of the molecule is CCc1ccccc1N(C(C)=O)c1nc(COC(=O)c2cnc(SC)n2-c2ccccc2)cs1. The second kappa shape index (κ2) is 10.7. The third-order valence-corrected chi connectivity index (χ3v) is 6.67. The number of rotatable bonds is 8. The number of carbonyl (C=O) groups is 2. The van der Waals surface area contributed by atoms with Crippen molar-refractivity contribution in [2.24, 2.45) is 0 Å². The van der Waals surface area contributed by atoms with E-state index in [9.17, 15) is 9.59 Å². The zero-order chi connectivity index (χ0) is 24.1. The largest absolute Gasteiger partial charge is 0.454 e. The van der Waals surface area contributed by atoms with Gasteiger partial charge in [0.1, 0.15) is 6.61 Å². The highest BCUT2D eigenvalue weighted by atomic mass is 32.2. The van der Waals surface area contributed by atoms with Crippen LogP contribution in [0, 0.1) is 0 Å². The zero-order valence-electron chi connectivity index (χ0n) is 19.1. The summed E-state index contributed by atoms with van der Waals surface area (Å²) in [5.74, 6) is -0.624. The number of carbonyl (C=O) groups excluding carboxylic acids is 2. The molecular weight excluding hydrogens is 468 g/mol. The van der Waals surface area contributed by atoms with Gasteiger partial charge >= 0.3 is 5.97 Å². The summed E-state index contributed by atoms with van der Waals surface area (Å²) in [5, 5.41) is 3.04. The molecule has 0 aliphatic carbocycles. The number of anilines is 2. The Labute approximate surface area is 206 Å². The van der Waals surface area contributed by atoms with E-state index in [1.165, 1.54) is 36.2 Å². The highest BCUT2D eigenvalue weighted by Crippen LogP contribution is 2.32. The Kier molecular flexibility index (Phi) is 7.44. The minimum atomic E-state index is -0.494. The standard InChI is InChI=1S/C25H24N4O3S2/c1-4-18-10-8-9-13-21(18)28(17(2)30)25-27-19(16-34-25)15-32-23(31)22-14-26-24(33-3)29(22)20-11-6-5-7-12-20/h5-14,16H,4,15H2,1-3H3. The number of aryl methyl sites for hydroxylation is 1. The Hall–Kier alpha value is -3.43. The second-order valence-corrected chi connectivity index (χ2v) is 8.95. The highest BCUT2D eigenvalue weighted by molar-refractivity contribution is 7.98. The lowest BCUT2D eigenvalue weighted by molar-refractivity contribution is -0.115. The molecule has 0 saturated heterocycles. The predicted octanol–water partition coefficient (Wildman–Crippen LogP) is 5.65. The monoisotopic (exact) mass is 492 g/mol. The molecule has 0 fully saturated rings. The fourth-order valence-electron chi connectivity index (χ4n) is 3.56. The van der Waals surface area contributed by atoms with E-state index in [1.807, 2.05) is 67.8 Å². The maximum atomic E-state index is 12.9. The number of amides is 1. The van der Waals surface area contributed by atoms with Crippen molar-refractivity contribution in [2.45, 2.75) is 32.0 Å². The average molecular weight is 493 g/mol. The number of thioether (sulfide) groups is 1. The Morgan fingerprint density at radius 2 is 1.85 bits per heavy atom. The minimum absolute atomic E-state index is 0.00886. The molecule has 0 bridgehead atoms. The molecule has 2 heterocycles. The van der Waals surface area contributed by atoms with E-state index >= 15 is 0 Å². The van der Waals surface area contributed by atoms with Crippen LogP contribution >= 0.6 is 23.1 Å². The average Bonchev–Trinajstić information content (AvgIpc) is 3.50. The summed E-state index contributed by atoms with van der Waals surface area (Å²) in [6, 6.07) is 17.3. The van der Waals surface area contributed by atoms with Crippen molar-refractivity contribution in [3.8, 4) is 5.69 Å². The van der Waals surface area contributed by atoms with Gasteiger partial charge < -0.3 is 4.74 Å². The number of esters is 1. The van der Waals surface area contributed by atoms with Crippen molar-refractivity contribution in [3.63, 3.8) is 0 Å². The van der Waals surface area contributed by atoms with Gasteiger partial charge in [-0.25, -0.2) is 14.8 Å². The van der Waals surface area contributed by atoms with Crippen molar-refractivity contribution >= 4 is 45.8 Å². The van der Waals surface area contributed by atoms with Gasteiger partial charge in [-0.05, 0) is 36.4 Å². The van der Waals surface area contributed by atoms with Gasteiger partial charge in [-0.1, -0.05) is 55.1 Å². The van der Waals surface area contributed by atoms with Crippen molar-refractivity contribution in [2.75, 3.05) is 11.2 Å². The summed E-state index contributed by atoms with van der Waals surface area (Å²) < 4.78 is 7.35. The van der Waals surface area contributed by atoms with Gasteiger partial charge in [-0.2, -0.15) is 0 Å². The topological polar surface area (TPSA) is 77.3 Å². The first-order chi connectivity index (χ1) is 16.5. The first-order valence-electron chi connectivity index (χ1n) is 10.7. The lowest BCUT2D eigenvalue weighted by atomic mass is 10.1. The van der Waals surface area contributed by atoms with Gasteiger partial charge in [0.2, 0.25) is 5.91 Å². The van der Waals surface area contributed by atoms with E-state index in [-0.39, 0.29) is 12.5 Å². The molecule has 7 nitrogen and oxygen atoms in total. The quantitative estimate of drug-likeness (QED) is 0.233. The summed E-state index contributed by atoms with van der Waals surface area (Å²) in [5.41, 5.74) is 3.61. The Balaban J connectivity index is 1.53. The molecule has 4 rings (SSSR count). The molecule has 9 heteroatoms. The first-order valence-corrected chi connectivity index (χ1v) is 12.8. The summed E-state index contributed by atoms with van der Waals surface area (Å²) in [4.78, 5) is 35.9.